The van der Waals surface area contributed by atoms with Crippen LogP contribution < -0.4 is 0 Å². The zero-order chi connectivity index (χ0) is 9.26. The van der Waals surface area contributed by atoms with E-state index in [0.29, 0.717) is 0 Å². The normalized spacial score (nSPS) is 17.2. The predicted octanol–water partition coefficient (Wildman–Crippen LogP) is -0.542. The van der Waals surface area contributed by atoms with E-state index in [0.717, 1.165) is 0 Å². The van der Waals surface area contributed by atoms with Gasteiger partial charge >= 0.3 is 0 Å². The Labute approximate surface area is 74.1 Å². The zero-order valence-electron chi connectivity index (χ0n) is 6.93. The molecule has 6 heteroatoms. The molecule has 0 spiro atoms. The molecule has 2 heterocycles. The fourth-order valence-electron chi connectivity index (χ4n) is 1.17. The second-order valence-electron chi connectivity index (χ2n) is 2.96. The Hall–Kier alpha value is -1.46. The molecule has 0 radical (unpaired) electrons. The number of amides is 1. The summed E-state index contributed by atoms with van der Waals surface area (Å²) in [7, 11) is 0. The molecule has 1 fully saturated rings. The van der Waals surface area contributed by atoms with E-state index >= 15 is 0 Å². The van der Waals surface area contributed by atoms with E-state index < -0.39 is 6.17 Å². The fraction of sp³-hybridized carbons (Fsp3) is 0.571. The van der Waals surface area contributed by atoms with Crippen molar-refractivity contribution in [1.82, 2.24) is 19.9 Å². The maximum Gasteiger partial charge on any atom is 0.246 e. The number of likely N-dealkylation sites (tertiary alicyclic amines) is 1. The number of carbonyl (C=O) groups is 1. The molecule has 0 saturated carbocycles. The third-order valence-corrected chi connectivity index (χ3v) is 1.93. The number of carbonyl (C=O) groups excluding carboxylic acids is 1. The average molecular weight is 184 g/mol. The lowest BCUT2D eigenvalue weighted by atomic mass is 10.2. The minimum Gasteiger partial charge on any atom is -0.335 e. The quantitative estimate of drug-likeness (QED) is 0.620. The largest absolute Gasteiger partial charge is 0.335 e. The van der Waals surface area contributed by atoms with E-state index in [1.165, 1.54) is 22.1 Å². The first kappa shape index (κ1) is 8.15. The van der Waals surface area contributed by atoms with Gasteiger partial charge in [0.05, 0.1) is 25.5 Å². The van der Waals surface area contributed by atoms with Crippen molar-refractivity contribution in [3.05, 3.63) is 12.4 Å². The van der Waals surface area contributed by atoms with Crippen LogP contribution in [-0.4, -0.2) is 45.1 Å². The Bertz CT molecular complexity index is 293. The summed E-state index contributed by atoms with van der Waals surface area (Å²) >= 11 is 0. The topological polar surface area (TPSA) is 51.0 Å². The summed E-state index contributed by atoms with van der Waals surface area (Å²) in [5, 5.41) is 7.56. The molecule has 0 N–H and O–H groups in total. The van der Waals surface area contributed by atoms with Crippen LogP contribution in [-0.2, 0) is 11.3 Å². The van der Waals surface area contributed by atoms with E-state index in [2.05, 4.69) is 10.2 Å². The number of rotatable bonds is 2. The van der Waals surface area contributed by atoms with Crippen molar-refractivity contribution in [2.24, 2.45) is 0 Å². The van der Waals surface area contributed by atoms with Gasteiger partial charge in [-0.2, -0.15) is 15.0 Å². The van der Waals surface area contributed by atoms with Crippen molar-refractivity contribution in [1.29, 1.82) is 0 Å². The molecule has 1 aromatic rings. The van der Waals surface area contributed by atoms with Crippen molar-refractivity contribution in [3.8, 4) is 0 Å². The molecule has 1 aliphatic rings. The van der Waals surface area contributed by atoms with Gasteiger partial charge in [-0.05, 0) is 0 Å². The second kappa shape index (κ2) is 3.12. The van der Waals surface area contributed by atoms with Gasteiger partial charge in [0, 0.05) is 0 Å². The van der Waals surface area contributed by atoms with Gasteiger partial charge in [0.15, 0.2) is 0 Å². The Morgan fingerprint density at radius 3 is 2.62 bits per heavy atom. The van der Waals surface area contributed by atoms with Crippen LogP contribution >= 0.6 is 0 Å². The monoisotopic (exact) mass is 184 g/mol. The van der Waals surface area contributed by atoms with Gasteiger partial charge in [0.2, 0.25) is 5.91 Å². The lowest BCUT2D eigenvalue weighted by Crippen LogP contribution is -2.52. The van der Waals surface area contributed by atoms with Crippen LogP contribution in [0.4, 0.5) is 4.39 Å². The van der Waals surface area contributed by atoms with Gasteiger partial charge in [-0.25, -0.2) is 4.39 Å². The third-order valence-electron chi connectivity index (χ3n) is 1.93. The molecule has 1 amide bonds. The summed E-state index contributed by atoms with van der Waals surface area (Å²) in [6, 6.07) is 0. The standard InChI is InChI=1S/C7H9FN4O/c8-6-3-11(4-6)7(13)5-12-9-1-2-10-12/h1-2,6H,3-5H2. The van der Waals surface area contributed by atoms with Crippen LogP contribution in [0.15, 0.2) is 12.4 Å². The molecule has 1 saturated heterocycles. The highest BCUT2D eigenvalue weighted by atomic mass is 19.1. The van der Waals surface area contributed by atoms with Crippen LogP contribution in [0, 0.1) is 0 Å². The van der Waals surface area contributed by atoms with Gasteiger partial charge in [-0.15, -0.1) is 0 Å². The molecular formula is C7H9FN4O. The van der Waals surface area contributed by atoms with Crippen LogP contribution in [0.3, 0.4) is 0 Å². The summed E-state index contributed by atoms with van der Waals surface area (Å²) in [5.74, 6) is -0.134. The molecule has 0 bridgehead atoms. The first-order valence-electron chi connectivity index (χ1n) is 4.01. The minimum atomic E-state index is -0.852. The van der Waals surface area contributed by atoms with E-state index in [-0.39, 0.29) is 25.5 Å². The maximum atomic E-state index is 12.4. The molecular weight excluding hydrogens is 175 g/mol. The van der Waals surface area contributed by atoms with Crippen molar-refractivity contribution in [3.63, 3.8) is 0 Å². The molecule has 0 aromatic carbocycles. The van der Waals surface area contributed by atoms with E-state index in [4.69, 9.17) is 0 Å². The Kier molecular flexibility index (Phi) is 1.96. The van der Waals surface area contributed by atoms with Crippen LogP contribution in [0.25, 0.3) is 0 Å². The molecule has 70 valence electrons. The Balaban J connectivity index is 1.86. The van der Waals surface area contributed by atoms with Crippen molar-refractivity contribution >= 4 is 5.91 Å². The Morgan fingerprint density at radius 1 is 1.46 bits per heavy atom. The summed E-state index contributed by atoms with van der Waals surface area (Å²) in [5.41, 5.74) is 0. The molecule has 0 aliphatic carbocycles. The summed E-state index contributed by atoms with van der Waals surface area (Å²) in [4.78, 5) is 14.0. The smallest absolute Gasteiger partial charge is 0.246 e. The van der Waals surface area contributed by atoms with Crippen LogP contribution in [0.5, 0.6) is 0 Å². The number of hydrogen-bond donors (Lipinski definition) is 0. The number of aromatic nitrogens is 3. The first-order valence-corrected chi connectivity index (χ1v) is 4.01. The lowest BCUT2D eigenvalue weighted by Gasteiger charge is -2.34. The number of halogens is 1. The van der Waals surface area contributed by atoms with Crippen LogP contribution in [0.1, 0.15) is 0 Å². The molecule has 2 rings (SSSR count). The summed E-state index contributed by atoms with van der Waals surface area (Å²) < 4.78 is 12.4. The minimum absolute atomic E-state index is 0.0969. The summed E-state index contributed by atoms with van der Waals surface area (Å²) in [6.45, 7) is 0.514. The van der Waals surface area contributed by atoms with Gasteiger partial charge in [-0.3, -0.25) is 4.79 Å². The fourth-order valence-corrected chi connectivity index (χ4v) is 1.17. The summed E-state index contributed by atoms with van der Waals surface area (Å²) in [6.07, 6.45) is 2.15. The average Bonchev–Trinajstić information content (AvgIpc) is 2.51. The molecule has 0 atom stereocenters. The van der Waals surface area contributed by atoms with Gasteiger partial charge < -0.3 is 4.90 Å². The Morgan fingerprint density at radius 2 is 2.08 bits per heavy atom. The van der Waals surface area contributed by atoms with E-state index in [1.54, 1.807) is 0 Å². The highest BCUT2D eigenvalue weighted by Gasteiger charge is 2.30. The van der Waals surface area contributed by atoms with Crippen molar-refractivity contribution < 1.29 is 9.18 Å². The van der Waals surface area contributed by atoms with Gasteiger partial charge in [-0.1, -0.05) is 0 Å². The van der Waals surface area contributed by atoms with E-state index in [9.17, 15) is 9.18 Å². The molecule has 0 unspecified atom stereocenters. The highest BCUT2D eigenvalue weighted by Crippen LogP contribution is 2.11. The molecule has 13 heavy (non-hydrogen) atoms. The zero-order valence-corrected chi connectivity index (χ0v) is 6.93. The molecule has 1 aliphatic heterocycles. The number of hydrogen-bond acceptors (Lipinski definition) is 3. The first-order chi connectivity index (χ1) is 6.25. The lowest BCUT2D eigenvalue weighted by molar-refractivity contribution is -0.139. The van der Waals surface area contributed by atoms with Crippen molar-refractivity contribution in [2.45, 2.75) is 12.7 Å². The molecule has 1 aromatic heterocycles. The van der Waals surface area contributed by atoms with Crippen molar-refractivity contribution in [2.75, 3.05) is 13.1 Å². The van der Waals surface area contributed by atoms with E-state index in [1.807, 2.05) is 0 Å². The maximum absolute atomic E-state index is 12.4. The third kappa shape index (κ3) is 1.66. The SMILES string of the molecule is O=C(Cn1nccn1)N1CC(F)C1. The van der Waals surface area contributed by atoms with Gasteiger partial charge in [0.25, 0.3) is 0 Å². The number of nitrogens with zero attached hydrogens (tertiary/aromatic N) is 4. The predicted molar refractivity (Wildman–Crippen MR) is 41.5 cm³/mol. The van der Waals surface area contributed by atoms with Crippen LogP contribution in [0.2, 0.25) is 0 Å². The van der Waals surface area contributed by atoms with Gasteiger partial charge in [0.1, 0.15) is 12.7 Å². The number of alkyl halides is 1. The molecule has 5 nitrogen and oxygen atoms in total. The highest BCUT2D eigenvalue weighted by molar-refractivity contribution is 5.76. The second-order valence-corrected chi connectivity index (χ2v) is 2.96.